The molecule has 5 nitrogen and oxygen atoms in total. The molecule has 1 amide bonds. The molecule has 25 heavy (non-hydrogen) atoms. The van der Waals surface area contributed by atoms with Crippen molar-refractivity contribution < 1.29 is 4.79 Å². The first-order valence-electron chi connectivity index (χ1n) is 8.94. The van der Waals surface area contributed by atoms with Crippen molar-refractivity contribution >= 4 is 18.3 Å². The quantitative estimate of drug-likeness (QED) is 0.884. The normalized spacial score (nSPS) is 22.1. The number of amides is 1. The Kier molecular flexibility index (Phi) is 5.45. The van der Waals surface area contributed by atoms with Crippen molar-refractivity contribution in [2.75, 3.05) is 6.54 Å². The van der Waals surface area contributed by atoms with Crippen molar-refractivity contribution in [2.45, 2.75) is 51.1 Å². The van der Waals surface area contributed by atoms with Crippen LogP contribution in [0.3, 0.4) is 0 Å². The van der Waals surface area contributed by atoms with Crippen molar-refractivity contribution in [3.63, 3.8) is 0 Å². The Labute approximate surface area is 154 Å². The summed E-state index contributed by atoms with van der Waals surface area (Å²) in [5.41, 5.74) is 3.97. The summed E-state index contributed by atoms with van der Waals surface area (Å²) in [6.45, 7) is 3.17. The Bertz CT molecular complexity index is 743. The molecule has 2 heterocycles. The molecule has 2 atom stereocenters. The highest BCUT2D eigenvalue weighted by Gasteiger charge is 2.29. The summed E-state index contributed by atoms with van der Waals surface area (Å²) in [7, 11) is 0. The van der Waals surface area contributed by atoms with Crippen molar-refractivity contribution in [3.8, 4) is 5.69 Å². The number of piperidine rings is 1. The second kappa shape index (κ2) is 7.58. The molecule has 1 saturated heterocycles. The van der Waals surface area contributed by atoms with Crippen LogP contribution in [0.4, 0.5) is 0 Å². The fourth-order valence-electron chi connectivity index (χ4n) is 3.88. The summed E-state index contributed by atoms with van der Waals surface area (Å²) in [6, 6.07) is 10.6. The van der Waals surface area contributed by atoms with E-state index in [0.29, 0.717) is 11.7 Å². The van der Waals surface area contributed by atoms with Gasteiger partial charge in [-0.2, -0.15) is 5.10 Å². The molecule has 1 aliphatic heterocycles. The lowest BCUT2D eigenvalue weighted by Gasteiger charge is -2.30. The molecule has 1 fully saturated rings. The lowest BCUT2D eigenvalue weighted by atomic mass is 9.99. The van der Waals surface area contributed by atoms with Gasteiger partial charge in [0.05, 0.1) is 5.69 Å². The van der Waals surface area contributed by atoms with E-state index in [9.17, 15) is 4.79 Å². The van der Waals surface area contributed by atoms with Crippen LogP contribution >= 0.6 is 12.4 Å². The van der Waals surface area contributed by atoms with Gasteiger partial charge in [-0.25, -0.2) is 4.68 Å². The van der Waals surface area contributed by atoms with E-state index in [-0.39, 0.29) is 24.4 Å². The Balaban J connectivity index is 0.00000182. The third kappa shape index (κ3) is 3.44. The lowest BCUT2D eigenvalue weighted by molar-refractivity contribution is 0.0913. The van der Waals surface area contributed by atoms with E-state index in [4.69, 9.17) is 0 Å². The average molecular weight is 361 g/mol. The predicted octanol–water partition coefficient (Wildman–Crippen LogP) is 2.65. The molecular formula is C19H25ClN4O. The van der Waals surface area contributed by atoms with Crippen LogP contribution < -0.4 is 10.6 Å². The molecule has 6 heteroatoms. The number of benzene rings is 1. The molecule has 2 aliphatic rings. The van der Waals surface area contributed by atoms with Gasteiger partial charge in [0, 0.05) is 23.3 Å². The molecule has 0 radical (unpaired) electrons. The summed E-state index contributed by atoms with van der Waals surface area (Å²) < 4.78 is 1.96. The van der Waals surface area contributed by atoms with Crippen LogP contribution in [0, 0.1) is 0 Å². The van der Waals surface area contributed by atoms with Crippen LogP contribution in [0.1, 0.15) is 47.9 Å². The minimum absolute atomic E-state index is 0. The maximum atomic E-state index is 12.8. The first kappa shape index (κ1) is 18.0. The highest BCUT2D eigenvalue weighted by atomic mass is 35.5. The van der Waals surface area contributed by atoms with Crippen molar-refractivity contribution in [1.29, 1.82) is 0 Å². The molecule has 0 bridgehead atoms. The van der Waals surface area contributed by atoms with Gasteiger partial charge in [-0.3, -0.25) is 4.79 Å². The summed E-state index contributed by atoms with van der Waals surface area (Å²) >= 11 is 0. The van der Waals surface area contributed by atoms with Crippen LogP contribution in [-0.2, 0) is 12.8 Å². The van der Waals surface area contributed by atoms with E-state index in [1.165, 1.54) is 5.69 Å². The van der Waals surface area contributed by atoms with Crippen molar-refractivity contribution in [1.82, 2.24) is 20.4 Å². The number of carbonyl (C=O) groups excluding carboxylic acids is 1. The zero-order valence-corrected chi connectivity index (χ0v) is 15.3. The smallest absolute Gasteiger partial charge is 0.272 e. The molecule has 0 saturated carbocycles. The minimum Gasteiger partial charge on any atom is -0.346 e. The van der Waals surface area contributed by atoms with Crippen LogP contribution in [0.5, 0.6) is 0 Å². The Hall–Kier alpha value is -1.85. The fourth-order valence-corrected chi connectivity index (χ4v) is 3.88. The molecule has 1 aromatic heterocycles. The molecular weight excluding hydrogens is 336 g/mol. The van der Waals surface area contributed by atoms with Gasteiger partial charge in [0.2, 0.25) is 0 Å². The first-order valence-corrected chi connectivity index (χ1v) is 8.94. The highest BCUT2D eigenvalue weighted by molar-refractivity contribution is 5.94. The zero-order valence-electron chi connectivity index (χ0n) is 14.5. The van der Waals surface area contributed by atoms with Crippen LogP contribution in [0.25, 0.3) is 5.69 Å². The number of para-hydroxylation sites is 1. The Morgan fingerprint density at radius 3 is 2.80 bits per heavy atom. The van der Waals surface area contributed by atoms with Gasteiger partial charge in [0.25, 0.3) is 5.91 Å². The van der Waals surface area contributed by atoms with Crippen molar-refractivity contribution in [3.05, 3.63) is 47.3 Å². The number of nitrogens with one attached hydrogen (secondary N) is 2. The Morgan fingerprint density at radius 2 is 2.04 bits per heavy atom. The van der Waals surface area contributed by atoms with Gasteiger partial charge in [0.1, 0.15) is 0 Å². The maximum Gasteiger partial charge on any atom is 0.272 e. The molecule has 1 aliphatic carbocycles. The third-order valence-electron chi connectivity index (χ3n) is 5.22. The molecule has 2 unspecified atom stereocenters. The van der Waals surface area contributed by atoms with Crippen LogP contribution in [0.2, 0.25) is 0 Å². The number of rotatable bonds is 3. The standard InChI is InChI=1S/C19H24N4O.ClH/c1-13-16(10-6-12-20-13)21-19(24)18-15-9-5-11-17(15)23(22-18)14-7-3-2-4-8-14;/h2-4,7-8,13,16,20H,5-6,9-12H2,1H3,(H,21,24);1H. The highest BCUT2D eigenvalue weighted by Crippen LogP contribution is 2.28. The molecule has 2 N–H and O–H groups in total. The van der Waals surface area contributed by atoms with Gasteiger partial charge < -0.3 is 10.6 Å². The third-order valence-corrected chi connectivity index (χ3v) is 5.22. The molecule has 134 valence electrons. The second-order valence-corrected chi connectivity index (χ2v) is 6.84. The van der Waals surface area contributed by atoms with Crippen LogP contribution in [-0.4, -0.2) is 34.3 Å². The number of aromatic nitrogens is 2. The van der Waals surface area contributed by atoms with E-state index in [1.807, 2.05) is 35.0 Å². The summed E-state index contributed by atoms with van der Waals surface area (Å²) in [5.74, 6) is -0.0246. The maximum absolute atomic E-state index is 12.8. The van der Waals surface area contributed by atoms with Gasteiger partial charge in [0.15, 0.2) is 5.69 Å². The van der Waals surface area contributed by atoms with Gasteiger partial charge >= 0.3 is 0 Å². The van der Waals surface area contributed by atoms with Crippen molar-refractivity contribution in [2.24, 2.45) is 0 Å². The number of halogens is 1. The second-order valence-electron chi connectivity index (χ2n) is 6.84. The summed E-state index contributed by atoms with van der Waals surface area (Å²) in [5, 5.41) is 11.3. The molecule has 0 spiro atoms. The van der Waals surface area contributed by atoms with Gasteiger partial charge in [-0.05, 0) is 57.7 Å². The SMILES string of the molecule is CC1NCCCC1NC(=O)c1nn(-c2ccccc2)c2c1CCC2.Cl. The van der Waals surface area contributed by atoms with Gasteiger partial charge in [-0.1, -0.05) is 18.2 Å². The topological polar surface area (TPSA) is 58.9 Å². The van der Waals surface area contributed by atoms with Crippen LogP contribution in [0.15, 0.2) is 30.3 Å². The number of hydrogen-bond donors (Lipinski definition) is 2. The van der Waals surface area contributed by atoms with E-state index < -0.39 is 0 Å². The zero-order chi connectivity index (χ0) is 16.5. The number of carbonyl (C=O) groups is 1. The fraction of sp³-hybridized carbons (Fsp3) is 0.474. The molecule has 1 aromatic carbocycles. The van der Waals surface area contributed by atoms with E-state index in [1.54, 1.807) is 0 Å². The Morgan fingerprint density at radius 1 is 1.24 bits per heavy atom. The minimum atomic E-state index is -0.0246. The van der Waals surface area contributed by atoms with Gasteiger partial charge in [-0.15, -0.1) is 12.4 Å². The molecule has 2 aromatic rings. The first-order chi connectivity index (χ1) is 11.7. The number of nitrogens with zero attached hydrogens (tertiary/aromatic N) is 2. The largest absolute Gasteiger partial charge is 0.346 e. The summed E-state index contributed by atoms with van der Waals surface area (Å²) in [6.07, 6.45) is 5.17. The van der Waals surface area contributed by atoms with E-state index >= 15 is 0 Å². The van der Waals surface area contributed by atoms with E-state index in [0.717, 1.165) is 49.9 Å². The van der Waals surface area contributed by atoms with E-state index in [2.05, 4.69) is 22.7 Å². The average Bonchev–Trinajstić information content (AvgIpc) is 3.20. The lowest BCUT2D eigenvalue weighted by Crippen LogP contribution is -2.52. The summed E-state index contributed by atoms with van der Waals surface area (Å²) in [4.78, 5) is 12.8. The number of fused-ring (bicyclic) bond motifs is 1. The molecule has 4 rings (SSSR count). The predicted molar refractivity (Wildman–Crippen MR) is 101 cm³/mol. The monoisotopic (exact) mass is 360 g/mol. The number of hydrogen-bond acceptors (Lipinski definition) is 3.